The summed E-state index contributed by atoms with van der Waals surface area (Å²) in [6, 6.07) is 8.18. The Morgan fingerprint density at radius 3 is 2.00 bits per heavy atom. The smallest absolute Gasteiger partial charge is 0.178 e. The van der Waals surface area contributed by atoms with Crippen molar-refractivity contribution in [1.29, 1.82) is 0 Å². The van der Waals surface area contributed by atoms with E-state index in [0.29, 0.717) is 13.2 Å². The van der Waals surface area contributed by atoms with Gasteiger partial charge in [-0.1, -0.05) is 31.2 Å². The quantitative estimate of drug-likeness (QED) is 0.423. The van der Waals surface area contributed by atoms with E-state index in [1.54, 1.807) is 0 Å². The van der Waals surface area contributed by atoms with E-state index in [1.165, 1.54) is 5.56 Å². The molecule has 0 aliphatic rings. The van der Waals surface area contributed by atoms with Crippen molar-refractivity contribution in [2.45, 2.75) is 39.5 Å². The summed E-state index contributed by atoms with van der Waals surface area (Å²) < 4.78 is 11.2. The molecule has 1 aromatic rings. The highest BCUT2D eigenvalue weighted by Gasteiger charge is 2.22. The molecule has 0 heterocycles. The van der Waals surface area contributed by atoms with E-state index in [9.17, 15) is 0 Å². The van der Waals surface area contributed by atoms with E-state index in [1.807, 2.05) is 13.8 Å². The van der Waals surface area contributed by atoms with Crippen LogP contribution in [0.4, 0.5) is 0 Å². The number of hydrogen-bond donors (Lipinski definition) is 2. The minimum absolute atomic E-state index is 0.157. The van der Waals surface area contributed by atoms with Crippen molar-refractivity contribution >= 4 is 0 Å². The van der Waals surface area contributed by atoms with Crippen molar-refractivity contribution in [3.63, 3.8) is 0 Å². The zero-order valence-corrected chi connectivity index (χ0v) is 11.5. The molecular formula is C14H24N2O2. The molecule has 0 aliphatic carbocycles. The number of hydrazine groups is 1. The molecule has 0 spiro atoms. The minimum atomic E-state index is -0.363. The van der Waals surface area contributed by atoms with Crippen LogP contribution in [0.25, 0.3) is 0 Å². The van der Waals surface area contributed by atoms with Gasteiger partial charge < -0.3 is 9.47 Å². The van der Waals surface area contributed by atoms with Gasteiger partial charge >= 0.3 is 0 Å². The lowest BCUT2D eigenvalue weighted by Gasteiger charge is -2.26. The summed E-state index contributed by atoms with van der Waals surface area (Å²) in [6.07, 6.45) is 0.666. The molecule has 3 N–H and O–H groups in total. The monoisotopic (exact) mass is 252 g/mol. The molecule has 0 bridgehead atoms. The lowest BCUT2D eigenvalue weighted by Crippen LogP contribution is -2.39. The largest absolute Gasteiger partial charge is 0.351 e. The molecule has 1 unspecified atom stereocenters. The lowest BCUT2D eigenvalue weighted by molar-refractivity contribution is -0.155. The maximum Gasteiger partial charge on any atom is 0.178 e. The summed E-state index contributed by atoms with van der Waals surface area (Å²) >= 11 is 0. The van der Waals surface area contributed by atoms with Crippen LogP contribution in [0.15, 0.2) is 24.3 Å². The molecule has 1 aromatic carbocycles. The summed E-state index contributed by atoms with van der Waals surface area (Å²) in [7, 11) is 0. The second-order valence-electron chi connectivity index (χ2n) is 4.02. The molecule has 0 aliphatic heterocycles. The summed E-state index contributed by atoms with van der Waals surface area (Å²) in [5.41, 5.74) is 5.15. The van der Waals surface area contributed by atoms with Crippen molar-refractivity contribution in [2.24, 2.45) is 5.84 Å². The second kappa shape index (κ2) is 8.21. The van der Waals surface area contributed by atoms with Gasteiger partial charge in [-0.3, -0.25) is 5.84 Å². The molecule has 0 aromatic heterocycles. The molecule has 4 nitrogen and oxygen atoms in total. The van der Waals surface area contributed by atoms with E-state index in [4.69, 9.17) is 15.3 Å². The van der Waals surface area contributed by atoms with Crippen LogP contribution in [0.2, 0.25) is 0 Å². The average Bonchev–Trinajstić information content (AvgIpc) is 2.41. The third-order valence-corrected chi connectivity index (χ3v) is 2.86. The molecular weight excluding hydrogens is 228 g/mol. The van der Waals surface area contributed by atoms with Gasteiger partial charge in [0, 0.05) is 13.2 Å². The van der Waals surface area contributed by atoms with Crippen LogP contribution in [0.3, 0.4) is 0 Å². The molecule has 0 fully saturated rings. The number of nitrogens with two attached hydrogens (primary N) is 1. The van der Waals surface area contributed by atoms with Crippen LogP contribution >= 0.6 is 0 Å². The maximum atomic E-state index is 5.63. The fraction of sp³-hybridized carbons (Fsp3) is 0.571. The van der Waals surface area contributed by atoms with Gasteiger partial charge in [0.1, 0.15) is 0 Å². The van der Waals surface area contributed by atoms with Gasteiger partial charge in [-0.2, -0.15) is 0 Å². The number of benzene rings is 1. The van der Waals surface area contributed by atoms with E-state index in [0.717, 1.165) is 12.0 Å². The fourth-order valence-electron chi connectivity index (χ4n) is 1.86. The molecule has 18 heavy (non-hydrogen) atoms. The summed E-state index contributed by atoms with van der Waals surface area (Å²) in [5.74, 6) is 5.63. The summed E-state index contributed by atoms with van der Waals surface area (Å²) in [4.78, 5) is 0. The van der Waals surface area contributed by atoms with Gasteiger partial charge in [-0.05, 0) is 31.4 Å². The van der Waals surface area contributed by atoms with Crippen LogP contribution in [-0.2, 0) is 15.9 Å². The van der Waals surface area contributed by atoms with Crippen LogP contribution < -0.4 is 11.3 Å². The molecule has 0 saturated heterocycles. The van der Waals surface area contributed by atoms with Crippen LogP contribution in [-0.4, -0.2) is 19.5 Å². The van der Waals surface area contributed by atoms with Crippen LogP contribution in [0.1, 0.15) is 37.9 Å². The first-order valence-corrected chi connectivity index (χ1v) is 6.54. The molecule has 0 saturated carbocycles. The average molecular weight is 252 g/mol. The number of aryl methyl sites for hydroxylation is 1. The lowest BCUT2D eigenvalue weighted by atomic mass is 10.0. The summed E-state index contributed by atoms with van der Waals surface area (Å²) in [5, 5.41) is 0. The highest BCUT2D eigenvalue weighted by Crippen LogP contribution is 2.20. The molecule has 0 amide bonds. The first-order valence-electron chi connectivity index (χ1n) is 6.54. The van der Waals surface area contributed by atoms with Crippen molar-refractivity contribution in [3.8, 4) is 0 Å². The van der Waals surface area contributed by atoms with Crippen molar-refractivity contribution in [3.05, 3.63) is 35.4 Å². The van der Waals surface area contributed by atoms with Crippen molar-refractivity contribution < 1.29 is 9.47 Å². The number of hydrogen-bond acceptors (Lipinski definition) is 4. The van der Waals surface area contributed by atoms with Crippen molar-refractivity contribution in [2.75, 3.05) is 13.2 Å². The molecule has 4 heteroatoms. The Hall–Kier alpha value is -0.940. The SMILES string of the molecule is CCOC(OCC)C(NN)c1ccc(CC)cc1. The number of nitrogens with one attached hydrogen (secondary N) is 1. The van der Waals surface area contributed by atoms with Crippen LogP contribution in [0.5, 0.6) is 0 Å². The standard InChI is InChI=1S/C14H24N2O2/c1-4-11-7-9-12(10-8-11)13(16-15)14(17-5-2)18-6-3/h7-10,13-14,16H,4-6,15H2,1-3H3. The van der Waals surface area contributed by atoms with E-state index in [-0.39, 0.29) is 12.3 Å². The van der Waals surface area contributed by atoms with E-state index < -0.39 is 0 Å². The predicted molar refractivity (Wildman–Crippen MR) is 72.9 cm³/mol. The molecule has 102 valence electrons. The third kappa shape index (κ3) is 4.07. The molecule has 0 radical (unpaired) electrons. The van der Waals surface area contributed by atoms with Crippen LogP contribution in [0, 0.1) is 0 Å². The van der Waals surface area contributed by atoms with Gasteiger partial charge in [0.05, 0.1) is 6.04 Å². The van der Waals surface area contributed by atoms with Crippen molar-refractivity contribution in [1.82, 2.24) is 5.43 Å². The Balaban J connectivity index is 2.83. The number of rotatable bonds is 8. The molecule has 1 atom stereocenters. The Kier molecular flexibility index (Phi) is 6.90. The van der Waals surface area contributed by atoms with Gasteiger partial charge in [0.25, 0.3) is 0 Å². The Bertz CT molecular complexity index is 321. The first kappa shape index (κ1) is 15.1. The van der Waals surface area contributed by atoms with Gasteiger partial charge in [-0.15, -0.1) is 0 Å². The zero-order chi connectivity index (χ0) is 13.4. The van der Waals surface area contributed by atoms with Gasteiger partial charge in [-0.25, -0.2) is 5.43 Å². The Labute approximate surface area is 109 Å². The zero-order valence-electron chi connectivity index (χ0n) is 11.5. The Morgan fingerprint density at radius 1 is 1.06 bits per heavy atom. The van der Waals surface area contributed by atoms with E-state index >= 15 is 0 Å². The maximum absolute atomic E-state index is 5.63. The minimum Gasteiger partial charge on any atom is -0.351 e. The third-order valence-electron chi connectivity index (χ3n) is 2.86. The number of ether oxygens (including phenoxy) is 2. The predicted octanol–water partition coefficient (Wildman–Crippen LogP) is 2.15. The second-order valence-corrected chi connectivity index (χ2v) is 4.02. The van der Waals surface area contributed by atoms with Gasteiger partial charge in [0.2, 0.25) is 0 Å². The van der Waals surface area contributed by atoms with Gasteiger partial charge in [0.15, 0.2) is 6.29 Å². The Morgan fingerprint density at radius 2 is 1.61 bits per heavy atom. The topological polar surface area (TPSA) is 56.5 Å². The fourth-order valence-corrected chi connectivity index (χ4v) is 1.86. The highest BCUT2D eigenvalue weighted by atomic mass is 16.7. The first-order chi connectivity index (χ1) is 8.76. The normalized spacial score (nSPS) is 12.9. The molecule has 1 rings (SSSR count). The summed E-state index contributed by atoms with van der Waals surface area (Å²) in [6.45, 7) is 7.21. The highest BCUT2D eigenvalue weighted by molar-refractivity contribution is 5.25. The van der Waals surface area contributed by atoms with E-state index in [2.05, 4.69) is 36.6 Å².